The van der Waals surface area contributed by atoms with E-state index in [4.69, 9.17) is 10.3 Å². The summed E-state index contributed by atoms with van der Waals surface area (Å²) in [7, 11) is 0. The lowest BCUT2D eigenvalue weighted by molar-refractivity contribution is 0.432. The first-order chi connectivity index (χ1) is 8.34. The Balaban J connectivity index is 2.02. The van der Waals surface area contributed by atoms with Crippen molar-refractivity contribution in [1.82, 2.24) is 30.3 Å². The van der Waals surface area contributed by atoms with Gasteiger partial charge in [0, 0.05) is 12.4 Å². The quantitative estimate of drug-likeness (QED) is 0.656. The van der Waals surface area contributed by atoms with Crippen molar-refractivity contribution in [3.8, 4) is 23.0 Å². The number of nitrogen functional groups attached to an aromatic ring is 1. The SMILES string of the molecule is Nc1[nH]ncc1-c1nc(-c2cnccn2)no1. The lowest BCUT2D eigenvalue weighted by Gasteiger charge is -1.89. The van der Waals surface area contributed by atoms with Gasteiger partial charge < -0.3 is 10.3 Å². The lowest BCUT2D eigenvalue weighted by Crippen LogP contribution is -1.88. The van der Waals surface area contributed by atoms with Gasteiger partial charge >= 0.3 is 0 Å². The normalized spacial score (nSPS) is 10.6. The number of aromatic nitrogens is 6. The molecule has 0 atom stereocenters. The summed E-state index contributed by atoms with van der Waals surface area (Å²) in [5.74, 6) is 1.02. The monoisotopic (exact) mass is 229 g/mol. The largest absolute Gasteiger partial charge is 0.383 e. The Kier molecular flexibility index (Phi) is 2.04. The third-order valence-corrected chi connectivity index (χ3v) is 2.12. The minimum Gasteiger partial charge on any atom is -0.383 e. The number of H-pyrrole nitrogens is 1. The maximum absolute atomic E-state index is 5.65. The topological polar surface area (TPSA) is 119 Å². The van der Waals surface area contributed by atoms with Gasteiger partial charge in [-0.2, -0.15) is 10.1 Å². The van der Waals surface area contributed by atoms with Gasteiger partial charge in [0.1, 0.15) is 17.1 Å². The van der Waals surface area contributed by atoms with Gasteiger partial charge in [0.2, 0.25) is 5.82 Å². The first kappa shape index (κ1) is 9.46. The van der Waals surface area contributed by atoms with Gasteiger partial charge in [0.15, 0.2) is 0 Å². The van der Waals surface area contributed by atoms with Crippen molar-refractivity contribution >= 4 is 5.82 Å². The molecule has 0 saturated carbocycles. The molecule has 3 aromatic rings. The lowest BCUT2D eigenvalue weighted by atomic mass is 10.3. The molecule has 0 unspecified atom stereocenters. The molecule has 3 heterocycles. The summed E-state index contributed by atoms with van der Waals surface area (Å²) < 4.78 is 5.08. The third kappa shape index (κ3) is 1.61. The summed E-state index contributed by atoms with van der Waals surface area (Å²) in [6.07, 6.45) is 6.19. The molecule has 17 heavy (non-hydrogen) atoms. The van der Waals surface area contributed by atoms with E-state index in [1.54, 1.807) is 18.6 Å². The summed E-state index contributed by atoms with van der Waals surface area (Å²) in [5, 5.41) is 10.2. The van der Waals surface area contributed by atoms with Crippen molar-refractivity contribution < 1.29 is 4.52 Å². The smallest absolute Gasteiger partial charge is 0.263 e. The zero-order valence-corrected chi connectivity index (χ0v) is 8.53. The molecule has 3 aromatic heterocycles. The molecular formula is C9H7N7O. The van der Waals surface area contributed by atoms with Crippen LogP contribution < -0.4 is 5.73 Å². The number of nitrogens with two attached hydrogens (primary N) is 1. The van der Waals surface area contributed by atoms with Crippen molar-refractivity contribution in [3.05, 3.63) is 24.8 Å². The summed E-state index contributed by atoms with van der Waals surface area (Å²) in [6.45, 7) is 0. The molecule has 0 aliphatic carbocycles. The van der Waals surface area contributed by atoms with Crippen LogP contribution in [0.15, 0.2) is 29.3 Å². The standard InChI is InChI=1S/C9H7N7O/c10-7-5(3-13-15-7)9-14-8(16-17-9)6-4-11-1-2-12-6/h1-4H,(H3,10,13,15). The van der Waals surface area contributed by atoms with Crippen molar-refractivity contribution in [1.29, 1.82) is 0 Å². The van der Waals surface area contributed by atoms with Crippen LogP contribution in [0.4, 0.5) is 5.82 Å². The van der Waals surface area contributed by atoms with Crippen molar-refractivity contribution in [2.45, 2.75) is 0 Å². The van der Waals surface area contributed by atoms with Gasteiger partial charge in [-0.05, 0) is 0 Å². The molecule has 8 nitrogen and oxygen atoms in total. The zero-order chi connectivity index (χ0) is 11.7. The van der Waals surface area contributed by atoms with E-state index >= 15 is 0 Å². The Bertz CT molecular complexity index is 630. The predicted octanol–water partition coefficient (Wildman–Crippen LogP) is 0.499. The van der Waals surface area contributed by atoms with Gasteiger partial charge in [0.25, 0.3) is 5.89 Å². The van der Waals surface area contributed by atoms with E-state index in [1.165, 1.54) is 6.20 Å². The number of rotatable bonds is 2. The average Bonchev–Trinajstić information content (AvgIpc) is 2.98. The second-order valence-electron chi connectivity index (χ2n) is 3.21. The van der Waals surface area contributed by atoms with Crippen LogP contribution in [0.25, 0.3) is 23.0 Å². The van der Waals surface area contributed by atoms with Gasteiger partial charge in [-0.1, -0.05) is 5.16 Å². The van der Waals surface area contributed by atoms with Crippen LogP contribution in [0.3, 0.4) is 0 Å². The minimum atomic E-state index is 0.289. The molecule has 8 heteroatoms. The van der Waals surface area contributed by atoms with E-state index < -0.39 is 0 Å². The highest BCUT2D eigenvalue weighted by atomic mass is 16.5. The summed E-state index contributed by atoms with van der Waals surface area (Å²) in [5.41, 5.74) is 6.74. The van der Waals surface area contributed by atoms with Crippen LogP contribution in [0, 0.1) is 0 Å². The Labute approximate surface area is 94.9 Å². The van der Waals surface area contributed by atoms with E-state index in [2.05, 4.69) is 30.3 Å². The molecule has 0 saturated heterocycles. The average molecular weight is 229 g/mol. The van der Waals surface area contributed by atoms with Crippen LogP contribution in [-0.2, 0) is 0 Å². The molecule has 0 spiro atoms. The maximum Gasteiger partial charge on any atom is 0.263 e. The third-order valence-electron chi connectivity index (χ3n) is 2.12. The van der Waals surface area contributed by atoms with Crippen molar-refractivity contribution in [2.75, 3.05) is 5.73 Å². The first-order valence-corrected chi connectivity index (χ1v) is 4.74. The Morgan fingerprint density at radius 1 is 1.24 bits per heavy atom. The van der Waals surface area contributed by atoms with Crippen LogP contribution in [-0.4, -0.2) is 30.3 Å². The van der Waals surface area contributed by atoms with Gasteiger partial charge in [-0.15, -0.1) is 0 Å². The first-order valence-electron chi connectivity index (χ1n) is 4.74. The molecule has 0 aliphatic heterocycles. The fourth-order valence-corrected chi connectivity index (χ4v) is 1.32. The maximum atomic E-state index is 5.65. The molecule has 0 aliphatic rings. The number of aromatic amines is 1. The van der Waals surface area contributed by atoms with E-state index in [-0.39, 0.29) is 5.89 Å². The molecule has 0 aromatic carbocycles. The van der Waals surface area contributed by atoms with E-state index in [0.29, 0.717) is 22.9 Å². The highest BCUT2D eigenvalue weighted by molar-refractivity contribution is 5.66. The predicted molar refractivity (Wildman–Crippen MR) is 57.3 cm³/mol. The Hall–Kier alpha value is -2.77. The highest BCUT2D eigenvalue weighted by Gasteiger charge is 2.14. The van der Waals surface area contributed by atoms with Crippen LogP contribution in [0.5, 0.6) is 0 Å². The highest BCUT2D eigenvalue weighted by Crippen LogP contribution is 2.23. The van der Waals surface area contributed by atoms with Crippen LogP contribution >= 0.6 is 0 Å². The summed E-state index contributed by atoms with van der Waals surface area (Å²) >= 11 is 0. The zero-order valence-electron chi connectivity index (χ0n) is 8.53. The minimum absolute atomic E-state index is 0.289. The molecule has 84 valence electrons. The molecule has 3 N–H and O–H groups in total. The van der Waals surface area contributed by atoms with E-state index in [0.717, 1.165) is 0 Å². The second-order valence-corrected chi connectivity index (χ2v) is 3.21. The summed E-state index contributed by atoms with van der Waals surface area (Å²) in [4.78, 5) is 12.2. The molecule has 0 amide bonds. The molecule has 0 radical (unpaired) electrons. The van der Waals surface area contributed by atoms with E-state index in [9.17, 15) is 0 Å². The van der Waals surface area contributed by atoms with Gasteiger partial charge in [-0.25, -0.2) is 4.98 Å². The second kappa shape index (κ2) is 3.67. The molecule has 0 bridgehead atoms. The molecular weight excluding hydrogens is 222 g/mol. The van der Waals surface area contributed by atoms with Gasteiger partial charge in [0.05, 0.1) is 12.4 Å². The fourth-order valence-electron chi connectivity index (χ4n) is 1.32. The van der Waals surface area contributed by atoms with Crippen LogP contribution in [0.1, 0.15) is 0 Å². The molecule has 3 rings (SSSR count). The van der Waals surface area contributed by atoms with Crippen molar-refractivity contribution in [3.63, 3.8) is 0 Å². The molecule has 0 fully saturated rings. The van der Waals surface area contributed by atoms with E-state index in [1.807, 2.05) is 0 Å². The van der Waals surface area contributed by atoms with Crippen molar-refractivity contribution in [2.24, 2.45) is 0 Å². The number of anilines is 1. The number of hydrogen-bond acceptors (Lipinski definition) is 7. The number of nitrogens with zero attached hydrogens (tertiary/aromatic N) is 5. The number of hydrogen-bond donors (Lipinski definition) is 2. The Morgan fingerprint density at radius 2 is 2.18 bits per heavy atom. The van der Waals surface area contributed by atoms with Crippen LogP contribution in [0.2, 0.25) is 0 Å². The number of nitrogens with one attached hydrogen (secondary N) is 1. The summed E-state index contributed by atoms with van der Waals surface area (Å²) in [6, 6.07) is 0. The fraction of sp³-hybridized carbons (Fsp3) is 0. The van der Waals surface area contributed by atoms with Gasteiger partial charge in [-0.3, -0.25) is 10.1 Å². The Morgan fingerprint density at radius 3 is 2.88 bits per heavy atom.